The molecule has 0 unspecified atom stereocenters. The van der Waals surface area contributed by atoms with Gasteiger partial charge in [-0.05, 0) is 25.0 Å². The van der Waals surface area contributed by atoms with E-state index in [4.69, 9.17) is 0 Å². The summed E-state index contributed by atoms with van der Waals surface area (Å²) in [5, 5.41) is 25.1. The molecule has 0 amide bonds. The molecule has 3 nitrogen and oxygen atoms in total. The second-order valence-electron chi connectivity index (χ2n) is 6.25. The Balaban J connectivity index is 1.83. The fraction of sp³-hybridized carbons (Fsp3) is 0.444. The molecule has 3 heteroatoms. The van der Waals surface area contributed by atoms with Crippen LogP contribution in [0.1, 0.15) is 32.1 Å². The summed E-state index contributed by atoms with van der Waals surface area (Å²) in [6, 6.07) is 11.5. The minimum absolute atomic E-state index is 0.0112. The van der Waals surface area contributed by atoms with Gasteiger partial charge in [-0.1, -0.05) is 43.5 Å². The molecule has 112 valence electrons. The second-order valence-corrected chi connectivity index (χ2v) is 6.25. The van der Waals surface area contributed by atoms with Gasteiger partial charge < -0.3 is 15.5 Å². The zero-order valence-corrected chi connectivity index (χ0v) is 12.3. The highest BCUT2D eigenvalue weighted by Crippen LogP contribution is 2.37. The first-order chi connectivity index (χ1) is 10.2. The molecule has 2 aromatic rings. The monoisotopic (exact) mass is 285 g/mol. The molecule has 1 saturated carbocycles. The summed E-state index contributed by atoms with van der Waals surface area (Å²) in [6.07, 6.45) is 5.88. The van der Waals surface area contributed by atoms with Crippen LogP contribution in [0.3, 0.4) is 0 Å². The van der Waals surface area contributed by atoms with Gasteiger partial charge in [-0.25, -0.2) is 0 Å². The van der Waals surface area contributed by atoms with E-state index in [0.717, 1.165) is 35.8 Å². The first-order valence-electron chi connectivity index (χ1n) is 7.80. The largest absolute Gasteiger partial charge is 0.507 e. The van der Waals surface area contributed by atoms with E-state index >= 15 is 0 Å². The molecule has 3 N–H and O–H groups in total. The van der Waals surface area contributed by atoms with E-state index in [1.165, 1.54) is 19.3 Å². The number of phenols is 1. The fourth-order valence-corrected chi connectivity index (χ4v) is 3.42. The van der Waals surface area contributed by atoms with Crippen LogP contribution >= 0.6 is 0 Å². The third-order valence-corrected chi connectivity index (χ3v) is 4.80. The lowest BCUT2D eigenvalue weighted by atomic mass is 9.74. The lowest BCUT2D eigenvalue weighted by Crippen LogP contribution is -2.35. The molecule has 0 heterocycles. The molecule has 0 spiro atoms. The van der Waals surface area contributed by atoms with Crippen molar-refractivity contribution in [3.05, 3.63) is 36.4 Å². The molecule has 0 bridgehead atoms. The van der Waals surface area contributed by atoms with Gasteiger partial charge in [0.15, 0.2) is 0 Å². The number of aliphatic hydroxyl groups excluding tert-OH is 1. The van der Waals surface area contributed by atoms with Crippen LogP contribution in [0, 0.1) is 5.41 Å². The van der Waals surface area contributed by atoms with Gasteiger partial charge in [-0.15, -0.1) is 0 Å². The molecule has 1 aliphatic carbocycles. The first kappa shape index (κ1) is 14.2. The maximum absolute atomic E-state index is 9.94. The standard InChI is InChI=1S/C18H23NO2/c20-13-18(10-2-1-3-11-18)12-19-16-8-4-7-15-14(16)6-5-9-17(15)21/h4-9,19-21H,1-3,10-13H2. The SMILES string of the molecule is OCC1(CNc2cccc3c(O)cccc23)CCCCC1. The number of hydrogen-bond acceptors (Lipinski definition) is 3. The first-order valence-corrected chi connectivity index (χ1v) is 7.80. The average Bonchev–Trinajstić information content (AvgIpc) is 2.54. The van der Waals surface area contributed by atoms with Crippen LogP contribution in [0.4, 0.5) is 5.69 Å². The number of hydrogen-bond donors (Lipinski definition) is 3. The molecule has 1 fully saturated rings. The number of benzene rings is 2. The Morgan fingerprint density at radius 3 is 2.43 bits per heavy atom. The summed E-state index contributed by atoms with van der Waals surface area (Å²) in [5.41, 5.74) is 1.04. The molecule has 2 aromatic carbocycles. The topological polar surface area (TPSA) is 52.5 Å². The van der Waals surface area contributed by atoms with Gasteiger partial charge in [-0.3, -0.25) is 0 Å². The number of phenolic OH excluding ortho intramolecular Hbond substituents is 1. The van der Waals surface area contributed by atoms with Crippen molar-refractivity contribution in [2.45, 2.75) is 32.1 Å². The van der Waals surface area contributed by atoms with E-state index in [0.29, 0.717) is 5.75 Å². The Labute approximate surface area is 125 Å². The summed E-state index contributed by atoms with van der Waals surface area (Å²) >= 11 is 0. The van der Waals surface area contributed by atoms with E-state index in [1.807, 2.05) is 30.3 Å². The van der Waals surface area contributed by atoms with Crippen LogP contribution in [0.25, 0.3) is 10.8 Å². The van der Waals surface area contributed by atoms with Crippen LogP contribution in [-0.2, 0) is 0 Å². The predicted octanol–water partition coefficient (Wildman–Crippen LogP) is 3.90. The molecule has 0 radical (unpaired) electrons. The van der Waals surface area contributed by atoms with Gasteiger partial charge in [0.05, 0.1) is 6.61 Å². The van der Waals surface area contributed by atoms with Crippen molar-refractivity contribution in [1.82, 2.24) is 0 Å². The number of fused-ring (bicyclic) bond motifs is 1. The maximum Gasteiger partial charge on any atom is 0.123 e. The van der Waals surface area contributed by atoms with Gasteiger partial charge >= 0.3 is 0 Å². The van der Waals surface area contributed by atoms with Crippen molar-refractivity contribution >= 4 is 16.5 Å². The van der Waals surface area contributed by atoms with Crippen molar-refractivity contribution in [1.29, 1.82) is 0 Å². The second kappa shape index (κ2) is 5.94. The highest BCUT2D eigenvalue weighted by atomic mass is 16.3. The molecule has 0 aliphatic heterocycles. The highest BCUT2D eigenvalue weighted by Gasteiger charge is 2.31. The molecule has 21 heavy (non-hydrogen) atoms. The quantitative estimate of drug-likeness (QED) is 0.798. The van der Waals surface area contributed by atoms with Gasteiger partial charge in [0.25, 0.3) is 0 Å². The number of aliphatic hydroxyl groups is 1. The van der Waals surface area contributed by atoms with Crippen LogP contribution in [-0.4, -0.2) is 23.4 Å². The molecule has 0 atom stereocenters. The van der Waals surface area contributed by atoms with Crippen molar-refractivity contribution in [2.24, 2.45) is 5.41 Å². The van der Waals surface area contributed by atoms with Gasteiger partial charge in [0, 0.05) is 28.4 Å². The van der Waals surface area contributed by atoms with Gasteiger partial charge in [0.1, 0.15) is 5.75 Å². The van der Waals surface area contributed by atoms with E-state index in [1.54, 1.807) is 6.07 Å². The minimum Gasteiger partial charge on any atom is -0.507 e. The Hall–Kier alpha value is -1.74. The smallest absolute Gasteiger partial charge is 0.123 e. The minimum atomic E-state index is 0.0112. The molecule has 1 aliphatic rings. The van der Waals surface area contributed by atoms with E-state index < -0.39 is 0 Å². The number of aromatic hydroxyl groups is 1. The summed E-state index contributed by atoms with van der Waals surface area (Å²) in [4.78, 5) is 0. The molecular formula is C18H23NO2. The molecule has 3 rings (SSSR count). The fourth-order valence-electron chi connectivity index (χ4n) is 3.42. The Bertz CT molecular complexity index is 618. The van der Waals surface area contributed by atoms with Crippen molar-refractivity contribution in [2.75, 3.05) is 18.5 Å². The maximum atomic E-state index is 9.94. The van der Waals surface area contributed by atoms with Crippen molar-refractivity contribution in [3.8, 4) is 5.75 Å². The Morgan fingerprint density at radius 2 is 1.67 bits per heavy atom. The lowest BCUT2D eigenvalue weighted by molar-refractivity contribution is 0.0944. The van der Waals surface area contributed by atoms with Crippen LogP contribution in [0.5, 0.6) is 5.75 Å². The zero-order chi connectivity index (χ0) is 14.7. The highest BCUT2D eigenvalue weighted by molar-refractivity contribution is 5.97. The van der Waals surface area contributed by atoms with E-state index in [2.05, 4.69) is 5.32 Å². The lowest BCUT2D eigenvalue weighted by Gasteiger charge is -2.36. The Kier molecular flexibility index (Phi) is 4.02. The van der Waals surface area contributed by atoms with E-state index in [9.17, 15) is 10.2 Å². The van der Waals surface area contributed by atoms with E-state index in [-0.39, 0.29) is 12.0 Å². The summed E-state index contributed by atoms with van der Waals surface area (Å²) in [6.45, 7) is 1.04. The van der Waals surface area contributed by atoms with Crippen LogP contribution < -0.4 is 5.32 Å². The van der Waals surface area contributed by atoms with Crippen molar-refractivity contribution in [3.63, 3.8) is 0 Å². The zero-order valence-electron chi connectivity index (χ0n) is 12.3. The third-order valence-electron chi connectivity index (χ3n) is 4.80. The van der Waals surface area contributed by atoms with Crippen LogP contribution in [0.2, 0.25) is 0 Å². The third kappa shape index (κ3) is 2.84. The predicted molar refractivity (Wildman–Crippen MR) is 86.7 cm³/mol. The average molecular weight is 285 g/mol. The molecule has 0 aromatic heterocycles. The van der Waals surface area contributed by atoms with Gasteiger partial charge in [-0.2, -0.15) is 0 Å². The van der Waals surface area contributed by atoms with Crippen LogP contribution in [0.15, 0.2) is 36.4 Å². The van der Waals surface area contributed by atoms with Gasteiger partial charge in [0.2, 0.25) is 0 Å². The summed E-state index contributed by atoms with van der Waals surface area (Å²) in [5.74, 6) is 0.311. The number of nitrogens with one attached hydrogen (secondary N) is 1. The Morgan fingerprint density at radius 1 is 0.952 bits per heavy atom. The normalized spacial score (nSPS) is 17.8. The summed E-state index contributed by atoms with van der Waals surface area (Å²) < 4.78 is 0. The summed E-state index contributed by atoms with van der Waals surface area (Å²) in [7, 11) is 0. The number of rotatable bonds is 4. The number of anilines is 1. The van der Waals surface area contributed by atoms with Crippen molar-refractivity contribution < 1.29 is 10.2 Å². The molecule has 0 saturated heterocycles. The molecular weight excluding hydrogens is 262 g/mol.